The van der Waals surface area contributed by atoms with E-state index < -0.39 is 5.97 Å². The van der Waals surface area contributed by atoms with Crippen LogP contribution in [0.25, 0.3) is 27.8 Å². The van der Waals surface area contributed by atoms with Gasteiger partial charge in [-0.3, -0.25) is 0 Å². The van der Waals surface area contributed by atoms with Crippen LogP contribution in [0.5, 0.6) is 0 Å². The SMILES string of the molecule is CCOC(=O)c1cc(-c2ccc(N(C)C)cc2)c2c(C)nn(-c3ccccc3)c2n1. The number of aromatic nitrogens is 3. The minimum absolute atomic E-state index is 0.271. The number of anilines is 1. The van der Waals surface area contributed by atoms with Crippen LogP contribution < -0.4 is 4.90 Å². The van der Waals surface area contributed by atoms with Gasteiger partial charge in [0.15, 0.2) is 11.3 Å². The van der Waals surface area contributed by atoms with Crippen molar-refractivity contribution in [2.24, 2.45) is 0 Å². The normalized spacial score (nSPS) is 10.9. The van der Waals surface area contributed by atoms with Crippen molar-refractivity contribution in [1.29, 1.82) is 0 Å². The van der Waals surface area contributed by atoms with E-state index in [-0.39, 0.29) is 5.69 Å². The minimum atomic E-state index is -0.441. The molecular weight excluding hydrogens is 376 g/mol. The highest BCUT2D eigenvalue weighted by molar-refractivity contribution is 6.00. The van der Waals surface area contributed by atoms with E-state index in [0.29, 0.717) is 12.3 Å². The number of rotatable bonds is 5. The van der Waals surface area contributed by atoms with E-state index in [4.69, 9.17) is 9.84 Å². The summed E-state index contributed by atoms with van der Waals surface area (Å²) in [6.45, 7) is 4.04. The number of pyridine rings is 1. The second kappa shape index (κ2) is 7.99. The van der Waals surface area contributed by atoms with Crippen LogP contribution in [0.1, 0.15) is 23.1 Å². The Morgan fingerprint density at radius 3 is 2.40 bits per heavy atom. The quantitative estimate of drug-likeness (QED) is 0.457. The molecule has 6 nitrogen and oxygen atoms in total. The van der Waals surface area contributed by atoms with Gasteiger partial charge in [0, 0.05) is 19.8 Å². The molecule has 0 aliphatic rings. The zero-order valence-corrected chi connectivity index (χ0v) is 17.6. The molecule has 0 unspecified atom stereocenters. The molecule has 0 atom stereocenters. The summed E-state index contributed by atoms with van der Waals surface area (Å²) in [5.74, 6) is -0.441. The number of carbonyl (C=O) groups is 1. The summed E-state index contributed by atoms with van der Waals surface area (Å²) in [6, 6.07) is 19.8. The van der Waals surface area contributed by atoms with Gasteiger partial charge in [0.1, 0.15) is 0 Å². The maximum absolute atomic E-state index is 12.5. The van der Waals surface area contributed by atoms with E-state index in [1.54, 1.807) is 17.7 Å². The Labute approximate surface area is 175 Å². The summed E-state index contributed by atoms with van der Waals surface area (Å²) in [5.41, 5.74) is 5.65. The number of aryl methyl sites for hydroxylation is 1. The van der Waals surface area contributed by atoms with Crippen molar-refractivity contribution in [3.63, 3.8) is 0 Å². The van der Waals surface area contributed by atoms with Gasteiger partial charge < -0.3 is 9.64 Å². The Balaban J connectivity index is 1.98. The van der Waals surface area contributed by atoms with Gasteiger partial charge in [0.2, 0.25) is 0 Å². The number of hydrogen-bond acceptors (Lipinski definition) is 5. The smallest absolute Gasteiger partial charge is 0.357 e. The number of nitrogens with zero attached hydrogens (tertiary/aromatic N) is 4. The van der Waals surface area contributed by atoms with E-state index in [0.717, 1.165) is 33.6 Å². The van der Waals surface area contributed by atoms with Crippen molar-refractivity contribution in [3.8, 4) is 16.8 Å². The number of ether oxygens (including phenoxy) is 1. The molecule has 0 saturated heterocycles. The molecule has 0 N–H and O–H groups in total. The third-order valence-corrected chi connectivity index (χ3v) is 4.99. The predicted molar refractivity (Wildman–Crippen MR) is 119 cm³/mol. The lowest BCUT2D eigenvalue weighted by Gasteiger charge is -2.13. The average molecular weight is 400 g/mol. The number of esters is 1. The molecule has 2 aromatic heterocycles. The summed E-state index contributed by atoms with van der Waals surface area (Å²) in [7, 11) is 4.01. The molecular formula is C24H24N4O2. The summed E-state index contributed by atoms with van der Waals surface area (Å²) in [5, 5.41) is 5.65. The lowest BCUT2D eigenvalue weighted by atomic mass is 10.0. The van der Waals surface area contributed by atoms with Crippen molar-refractivity contribution < 1.29 is 9.53 Å². The Morgan fingerprint density at radius 1 is 1.07 bits per heavy atom. The second-order valence-corrected chi connectivity index (χ2v) is 7.25. The second-order valence-electron chi connectivity index (χ2n) is 7.25. The molecule has 152 valence electrons. The molecule has 30 heavy (non-hydrogen) atoms. The molecule has 0 saturated carbocycles. The zero-order chi connectivity index (χ0) is 21.3. The third kappa shape index (κ3) is 3.52. The highest BCUT2D eigenvalue weighted by atomic mass is 16.5. The van der Waals surface area contributed by atoms with E-state index in [1.807, 2.05) is 51.4 Å². The van der Waals surface area contributed by atoms with Crippen LogP contribution in [-0.2, 0) is 4.74 Å². The molecule has 0 aliphatic carbocycles. The number of para-hydroxylation sites is 1. The van der Waals surface area contributed by atoms with E-state index in [2.05, 4.69) is 34.1 Å². The van der Waals surface area contributed by atoms with Crippen molar-refractivity contribution in [2.75, 3.05) is 25.6 Å². The lowest BCUT2D eigenvalue weighted by molar-refractivity contribution is 0.0520. The number of fused-ring (bicyclic) bond motifs is 1. The molecule has 0 fully saturated rings. The first-order valence-corrected chi connectivity index (χ1v) is 9.90. The summed E-state index contributed by atoms with van der Waals surface area (Å²) in [6.07, 6.45) is 0. The van der Waals surface area contributed by atoms with Crippen molar-refractivity contribution in [1.82, 2.24) is 14.8 Å². The van der Waals surface area contributed by atoms with Crippen molar-refractivity contribution in [3.05, 3.63) is 72.1 Å². The maximum atomic E-state index is 12.5. The van der Waals surface area contributed by atoms with Gasteiger partial charge in [-0.15, -0.1) is 0 Å². The standard InChI is InChI=1S/C24H24N4O2/c1-5-30-24(29)21-15-20(17-11-13-18(14-12-17)27(3)4)22-16(2)26-28(23(22)25-21)19-9-7-6-8-10-19/h6-15H,5H2,1-4H3. The fraction of sp³-hybridized carbons (Fsp3) is 0.208. The Bertz CT molecular complexity index is 1200. The monoisotopic (exact) mass is 400 g/mol. The van der Waals surface area contributed by atoms with Crippen molar-refractivity contribution >= 4 is 22.7 Å². The van der Waals surface area contributed by atoms with E-state index >= 15 is 0 Å². The fourth-order valence-corrected chi connectivity index (χ4v) is 3.51. The first-order chi connectivity index (χ1) is 14.5. The highest BCUT2D eigenvalue weighted by Crippen LogP contribution is 2.33. The molecule has 0 radical (unpaired) electrons. The molecule has 2 aromatic carbocycles. The van der Waals surface area contributed by atoms with Crippen LogP contribution in [0, 0.1) is 6.92 Å². The number of hydrogen-bond donors (Lipinski definition) is 0. The van der Waals surface area contributed by atoms with Gasteiger partial charge >= 0.3 is 5.97 Å². The van der Waals surface area contributed by atoms with E-state index in [9.17, 15) is 4.79 Å². The molecule has 6 heteroatoms. The van der Waals surface area contributed by atoms with Crippen LogP contribution in [0.2, 0.25) is 0 Å². The van der Waals surface area contributed by atoms with Gasteiger partial charge in [-0.2, -0.15) is 5.10 Å². The summed E-state index contributed by atoms with van der Waals surface area (Å²) >= 11 is 0. The first-order valence-electron chi connectivity index (χ1n) is 9.90. The Morgan fingerprint density at radius 2 is 1.77 bits per heavy atom. The fourth-order valence-electron chi connectivity index (χ4n) is 3.51. The van der Waals surface area contributed by atoms with Crippen LogP contribution in [0.3, 0.4) is 0 Å². The Hall–Kier alpha value is -3.67. The molecule has 4 rings (SSSR count). The van der Waals surface area contributed by atoms with Gasteiger partial charge in [-0.25, -0.2) is 14.5 Å². The zero-order valence-electron chi connectivity index (χ0n) is 17.6. The summed E-state index contributed by atoms with van der Waals surface area (Å²) < 4.78 is 7.02. The van der Waals surface area contributed by atoms with Crippen LogP contribution in [-0.4, -0.2) is 41.4 Å². The average Bonchev–Trinajstić information content (AvgIpc) is 3.10. The van der Waals surface area contributed by atoms with Crippen LogP contribution in [0.15, 0.2) is 60.7 Å². The largest absolute Gasteiger partial charge is 0.461 e. The molecule has 0 spiro atoms. The van der Waals surface area contributed by atoms with Crippen LogP contribution >= 0.6 is 0 Å². The van der Waals surface area contributed by atoms with Gasteiger partial charge in [-0.05, 0) is 55.3 Å². The molecule has 2 heterocycles. The van der Waals surface area contributed by atoms with Crippen LogP contribution in [0.4, 0.5) is 5.69 Å². The van der Waals surface area contributed by atoms with Gasteiger partial charge in [0.05, 0.1) is 23.4 Å². The van der Waals surface area contributed by atoms with Crippen molar-refractivity contribution in [2.45, 2.75) is 13.8 Å². The van der Waals surface area contributed by atoms with Gasteiger partial charge in [0.25, 0.3) is 0 Å². The first kappa shape index (κ1) is 19.6. The topological polar surface area (TPSA) is 60.2 Å². The molecule has 0 aliphatic heterocycles. The van der Waals surface area contributed by atoms with Gasteiger partial charge in [-0.1, -0.05) is 30.3 Å². The minimum Gasteiger partial charge on any atom is -0.461 e. The van der Waals surface area contributed by atoms with E-state index in [1.165, 1.54) is 0 Å². The molecule has 0 amide bonds. The number of benzene rings is 2. The third-order valence-electron chi connectivity index (χ3n) is 4.99. The highest BCUT2D eigenvalue weighted by Gasteiger charge is 2.20. The lowest BCUT2D eigenvalue weighted by Crippen LogP contribution is -2.09. The predicted octanol–water partition coefficient (Wildman–Crippen LogP) is 4.64. The Kier molecular flexibility index (Phi) is 5.23. The summed E-state index contributed by atoms with van der Waals surface area (Å²) in [4.78, 5) is 19.2. The molecule has 0 bridgehead atoms. The number of carbonyl (C=O) groups excluding carboxylic acids is 1. The molecule has 4 aromatic rings. The maximum Gasteiger partial charge on any atom is 0.357 e.